The summed E-state index contributed by atoms with van der Waals surface area (Å²) < 4.78 is 1.99. The average Bonchev–Trinajstić information content (AvgIpc) is 2.27. The molecule has 0 aliphatic carbocycles. The highest BCUT2D eigenvalue weighted by atomic mass is 127. The number of aromatic amines is 1. The van der Waals surface area contributed by atoms with E-state index in [0.29, 0.717) is 10.1 Å². The summed E-state index contributed by atoms with van der Waals surface area (Å²) in [7, 11) is 0. The van der Waals surface area contributed by atoms with Crippen molar-refractivity contribution in [3.05, 3.63) is 66.5 Å². The van der Waals surface area contributed by atoms with Gasteiger partial charge in [0.2, 0.25) is 0 Å². The van der Waals surface area contributed by atoms with Crippen molar-refractivity contribution < 1.29 is 0 Å². The quantitative estimate of drug-likeness (QED) is 0.842. The van der Waals surface area contributed by atoms with Crippen LogP contribution >= 0.6 is 22.6 Å². The largest absolute Gasteiger partial charge is 0.328 e. The fraction of sp³-hybridized carbons (Fsp3) is 0.0909. The molecule has 16 heavy (non-hydrogen) atoms. The Morgan fingerprint density at radius 1 is 1.19 bits per heavy atom. The van der Waals surface area contributed by atoms with Gasteiger partial charge in [-0.3, -0.25) is 14.3 Å². The first-order valence-electron chi connectivity index (χ1n) is 4.70. The Morgan fingerprint density at radius 2 is 1.88 bits per heavy atom. The van der Waals surface area contributed by atoms with Crippen LogP contribution in [0.2, 0.25) is 0 Å². The molecule has 4 nitrogen and oxygen atoms in total. The van der Waals surface area contributed by atoms with E-state index in [1.807, 2.05) is 52.9 Å². The minimum Gasteiger partial charge on any atom is -0.295 e. The predicted molar refractivity (Wildman–Crippen MR) is 69.6 cm³/mol. The highest BCUT2D eigenvalue weighted by molar-refractivity contribution is 14.1. The van der Waals surface area contributed by atoms with E-state index in [4.69, 9.17) is 0 Å². The van der Waals surface area contributed by atoms with Gasteiger partial charge in [-0.25, -0.2) is 4.79 Å². The molecule has 0 radical (unpaired) electrons. The summed E-state index contributed by atoms with van der Waals surface area (Å²) >= 11 is 1.91. The molecular formula is C11H9IN2O2. The Hall–Kier alpha value is -1.37. The van der Waals surface area contributed by atoms with E-state index in [-0.39, 0.29) is 11.2 Å². The first-order chi connectivity index (χ1) is 7.66. The highest BCUT2D eigenvalue weighted by Gasteiger charge is 2.02. The van der Waals surface area contributed by atoms with Gasteiger partial charge in [-0.15, -0.1) is 0 Å². The normalized spacial score (nSPS) is 10.3. The molecule has 1 N–H and O–H groups in total. The maximum Gasteiger partial charge on any atom is 0.328 e. The van der Waals surface area contributed by atoms with Gasteiger partial charge in [-0.2, -0.15) is 0 Å². The number of aromatic nitrogens is 2. The molecule has 0 aliphatic heterocycles. The van der Waals surface area contributed by atoms with Crippen LogP contribution in [0.3, 0.4) is 0 Å². The van der Waals surface area contributed by atoms with Crippen molar-refractivity contribution in [2.24, 2.45) is 0 Å². The number of nitrogens with one attached hydrogen (secondary N) is 1. The minimum atomic E-state index is -0.380. The second-order valence-corrected chi connectivity index (χ2v) is 4.51. The lowest BCUT2D eigenvalue weighted by atomic mass is 10.2. The highest BCUT2D eigenvalue weighted by Crippen LogP contribution is 2.01. The van der Waals surface area contributed by atoms with Gasteiger partial charge in [0.05, 0.1) is 10.1 Å². The molecule has 0 fully saturated rings. The van der Waals surface area contributed by atoms with Crippen molar-refractivity contribution in [1.82, 2.24) is 9.55 Å². The Bertz CT molecular complexity index is 601. The summed E-state index contributed by atoms with van der Waals surface area (Å²) in [6, 6.07) is 9.62. The standard InChI is InChI=1S/C11H9IN2O2/c12-9-7-14(11(16)13-10(9)15)6-8-4-2-1-3-5-8/h1-5,7H,6H2,(H,13,15,16). The Balaban J connectivity index is 2.40. The number of hydrogen-bond acceptors (Lipinski definition) is 2. The number of benzene rings is 1. The number of nitrogens with zero attached hydrogens (tertiary/aromatic N) is 1. The third-order valence-corrected chi connectivity index (χ3v) is 2.93. The first-order valence-corrected chi connectivity index (χ1v) is 5.78. The number of halogens is 1. The van der Waals surface area contributed by atoms with Gasteiger partial charge in [0.1, 0.15) is 0 Å². The lowest BCUT2D eigenvalue weighted by Gasteiger charge is -2.04. The molecule has 0 saturated heterocycles. The van der Waals surface area contributed by atoms with E-state index >= 15 is 0 Å². The summed E-state index contributed by atoms with van der Waals surface area (Å²) in [4.78, 5) is 24.9. The molecule has 0 spiro atoms. The van der Waals surface area contributed by atoms with Gasteiger partial charge in [0.15, 0.2) is 0 Å². The predicted octanol–water partition coefficient (Wildman–Crippen LogP) is 1.19. The van der Waals surface area contributed by atoms with Crippen molar-refractivity contribution in [1.29, 1.82) is 0 Å². The molecule has 0 aliphatic rings. The molecule has 2 rings (SSSR count). The van der Waals surface area contributed by atoms with Gasteiger partial charge in [0, 0.05) is 6.20 Å². The zero-order chi connectivity index (χ0) is 11.5. The average molecular weight is 328 g/mol. The Kier molecular flexibility index (Phi) is 3.23. The van der Waals surface area contributed by atoms with Crippen LogP contribution in [0, 0.1) is 3.57 Å². The van der Waals surface area contributed by atoms with Crippen LogP contribution in [-0.2, 0) is 6.54 Å². The van der Waals surface area contributed by atoms with Gasteiger partial charge < -0.3 is 0 Å². The summed E-state index contributed by atoms with van der Waals surface area (Å²) in [6.45, 7) is 0.465. The molecule has 0 saturated carbocycles. The second kappa shape index (κ2) is 4.65. The molecule has 2 aromatic rings. The monoisotopic (exact) mass is 328 g/mol. The summed E-state index contributed by atoms with van der Waals surface area (Å²) in [6.07, 6.45) is 1.56. The number of rotatable bonds is 2. The fourth-order valence-corrected chi connectivity index (χ4v) is 1.85. The molecule has 1 aromatic heterocycles. The van der Waals surface area contributed by atoms with Crippen molar-refractivity contribution in [2.75, 3.05) is 0 Å². The Labute approximate surface area is 105 Å². The fourth-order valence-electron chi connectivity index (χ4n) is 1.38. The lowest BCUT2D eigenvalue weighted by Crippen LogP contribution is -2.31. The smallest absolute Gasteiger partial charge is 0.295 e. The zero-order valence-corrected chi connectivity index (χ0v) is 10.5. The summed E-state index contributed by atoms with van der Waals surface area (Å²) in [5.74, 6) is 0. The molecule has 0 unspecified atom stereocenters. The van der Waals surface area contributed by atoms with Crippen LogP contribution in [0.15, 0.2) is 46.1 Å². The molecule has 1 heterocycles. The minimum absolute atomic E-state index is 0.338. The molecule has 5 heteroatoms. The van der Waals surface area contributed by atoms with Crippen LogP contribution in [-0.4, -0.2) is 9.55 Å². The lowest BCUT2D eigenvalue weighted by molar-refractivity contribution is 0.715. The summed E-state index contributed by atoms with van der Waals surface area (Å²) in [5.41, 5.74) is 0.302. The zero-order valence-electron chi connectivity index (χ0n) is 8.31. The molecule has 0 amide bonds. The van der Waals surface area contributed by atoms with Crippen LogP contribution in [0.4, 0.5) is 0 Å². The van der Waals surface area contributed by atoms with E-state index in [1.54, 1.807) is 6.20 Å². The van der Waals surface area contributed by atoms with Gasteiger partial charge in [0.25, 0.3) is 5.56 Å². The maximum absolute atomic E-state index is 11.5. The summed E-state index contributed by atoms with van der Waals surface area (Å²) in [5, 5.41) is 0. The number of H-pyrrole nitrogens is 1. The SMILES string of the molecule is O=c1[nH]c(=O)n(Cc2ccccc2)cc1I. The van der Waals surface area contributed by atoms with E-state index in [2.05, 4.69) is 4.98 Å². The first kappa shape index (κ1) is 11.1. The third kappa shape index (κ3) is 2.41. The van der Waals surface area contributed by atoms with Crippen LogP contribution < -0.4 is 11.2 Å². The second-order valence-electron chi connectivity index (χ2n) is 3.35. The Morgan fingerprint density at radius 3 is 2.56 bits per heavy atom. The number of hydrogen-bond donors (Lipinski definition) is 1. The topological polar surface area (TPSA) is 54.9 Å². The van der Waals surface area contributed by atoms with E-state index in [1.165, 1.54) is 4.57 Å². The van der Waals surface area contributed by atoms with Crippen molar-refractivity contribution in [3.63, 3.8) is 0 Å². The van der Waals surface area contributed by atoms with Crippen LogP contribution in [0.1, 0.15) is 5.56 Å². The van der Waals surface area contributed by atoms with Gasteiger partial charge in [-0.05, 0) is 28.2 Å². The van der Waals surface area contributed by atoms with Crippen molar-refractivity contribution >= 4 is 22.6 Å². The molecular weight excluding hydrogens is 319 g/mol. The van der Waals surface area contributed by atoms with Crippen LogP contribution in [0.25, 0.3) is 0 Å². The maximum atomic E-state index is 11.5. The third-order valence-electron chi connectivity index (χ3n) is 2.16. The van der Waals surface area contributed by atoms with E-state index in [9.17, 15) is 9.59 Å². The molecule has 82 valence electrons. The van der Waals surface area contributed by atoms with Gasteiger partial charge >= 0.3 is 5.69 Å². The molecule has 0 atom stereocenters. The van der Waals surface area contributed by atoms with Crippen molar-refractivity contribution in [3.8, 4) is 0 Å². The van der Waals surface area contributed by atoms with Gasteiger partial charge in [-0.1, -0.05) is 30.3 Å². The van der Waals surface area contributed by atoms with Crippen molar-refractivity contribution in [2.45, 2.75) is 6.54 Å². The van der Waals surface area contributed by atoms with Crippen LogP contribution in [0.5, 0.6) is 0 Å². The van der Waals surface area contributed by atoms with E-state index in [0.717, 1.165) is 5.56 Å². The molecule has 1 aromatic carbocycles. The van der Waals surface area contributed by atoms with E-state index < -0.39 is 0 Å². The molecule has 0 bridgehead atoms.